The van der Waals surface area contributed by atoms with E-state index in [4.69, 9.17) is 0 Å². The van der Waals surface area contributed by atoms with E-state index in [-0.39, 0.29) is 17.7 Å². The molecule has 6 heteroatoms. The lowest BCUT2D eigenvalue weighted by molar-refractivity contribution is -0.138. The molecule has 108 valence electrons. The number of hydrogen-bond donors (Lipinski definition) is 1. The summed E-state index contributed by atoms with van der Waals surface area (Å²) >= 11 is 0. The molecule has 2 unspecified atom stereocenters. The molecule has 1 N–H and O–H groups in total. The molecule has 2 amide bonds. The fourth-order valence-corrected chi connectivity index (χ4v) is 3.00. The molecule has 1 aromatic heterocycles. The quantitative estimate of drug-likeness (QED) is 0.889. The van der Waals surface area contributed by atoms with Crippen molar-refractivity contribution < 1.29 is 9.59 Å². The van der Waals surface area contributed by atoms with Gasteiger partial charge in [0.25, 0.3) is 5.91 Å². The van der Waals surface area contributed by atoms with Crippen molar-refractivity contribution in [2.75, 3.05) is 4.90 Å². The van der Waals surface area contributed by atoms with Crippen LogP contribution in [0.1, 0.15) is 33.1 Å². The van der Waals surface area contributed by atoms with Crippen LogP contribution in [0.25, 0.3) is 0 Å². The molecule has 6 nitrogen and oxygen atoms in total. The third-order valence-electron chi connectivity index (χ3n) is 4.39. The zero-order valence-electron chi connectivity index (χ0n) is 12.1. The fourth-order valence-electron chi connectivity index (χ4n) is 3.00. The van der Waals surface area contributed by atoms with E-state index in [9.17, 15) is 9.59 Å². The smallest absolute Gasteiger partial charge is 0.254 e. The Kier molecular flexibility index (Phi) is 2.84. The van der Waals surface area contributed by atoms with E-state index < -0.39 is 11.6 Å². The van der Waals surface area contributed by atoms with E-state index >= 15 is 0 Å². The Morgan fingerprint density at radius 3 is 2.65 bits per heavy atom. The number of anilines is 1. The van der Waals surface area contributed by atoms with Crippen LogP contribution in [0.5, 0.6) is 0 Å². The van der Waals surface area contributed by atoms with Crippen LogP contribution in [0, 0.1) is 5.92 Å². The van der Waals surface area contributed by atoms with Gasteiger partial charge in [-0.3, -0.25) is 19.2 Å². The van der Waals surface area contributed by atoms with Gasteiger partial charge in [-0.25, -0.2) is 0 Å². The lowest BCUT2D eigenvalue weighted by Gasteiger charge is -2.43. The first-order valence-electron chi connectivity index (χ1n) is 7.12. The number of piperazine rings is 1. The molecule has 1 saturated heterocycles. The molecular formula is C14H20N4O2. The number of aryl methyl sites for hydroxylation is 1. The summed E-state index contributed by atoms with van der Waals surface area (Å²) < 4.78 is 1.65. The number of carbonyl (C=O) groups excluding carboxylic acids is 2. The summed E-state index contributed by atoms with van der Waals surface area (Å²) in [5.41, 5.74) is -0.778. The molecule has 1 saturated carbocycles. The molecule has 2 aliphatic rings. The van der Waals surface area contributed by atoms with Gasteiger partial charge in [-0.1, -0.05) is 6.92 Å². The first-order valence-corrected chi connectivity index (χ1v) is 7.12. The Morgan fingerprint density at radius 2 is 2.15 bits per heavy atom. The van der Waals surface area contributed by atoms with Gasteiger partial charge in [0.05, 0.1) is 0 Å². The maximum atomic E-state index is 12.9. The molecule has 0 bridgehead atoms. The molecular weight excluding hydrogens is 256 g/mol. The molecule has 1 aliphatic heterocycles. The lowest BCUT2D eigenvalue weighted by atomic mass is 9.89. The van der Waals surface area contributed by atoms with Crippen molar-refractivity contribution in [2.45, 2.75) is 44.7 Å². The van der Waals surface area contributed by atoms with Crippen LogP contribution >= 0.6 is 0 Å². The number of hydrogen-bond acceptors (Lipinski definition) is 3. The van der Waals surface area contributed by atoms with Crippen LogP contribution in [0.2, 0.25) is 0 Å². The predicted octanol–water partition coefficient (Wildman–Crippen LogP) is 0.830. The Labute approximate surface area is 118 Å². The van der Waals surface area contributed by atoms with Gasteiger partial charge in [-0.05, 0) is 32.1 Å². The van der Waals surface area contributed by atoms with E-state index in [1.807, 2.05) is 13.8 Å². The second-order valence-electron chi connectivity index (χ2n) is 5.91. The van der Waals surface area contributed by atoms with E-state index in [1.165, 1.54) is 0 Å². The number of carbonyl (C=O) groups is 2. The Balaban J connectivity index is 2.02. The number of amides is 2. The van der Waals surface area contributed by atoms with Crippen molar-refractivity contribution in [3.8, 4) is 0 Å². The maximum absolute atomic E-state index is 12.9. The van der Waals surface area contributed by atoms with E-state index in [0.717, 1.165) is 12.8 Å². The van der Waals surface area contributed by atoms with Gasteiger partial charge < -0.3 is 5.32 Å². The third-order valence-corrected chi connectivity index (χ3v) is 4.39. The number of nitrogens with zero attached hydrogens (tertiary/aromatic N) is 3. The summed E-state index contributed by atoms with van der Waals surface area (Å²) in [6.45, 7) is 3.75. The van der Waals surface area contributed by atoms with Gasteiger partial charge in [-0.15, -0.1) is 0 Å². The minimum absolute atomic E-state index is 0.0369. The fraction of sp³-hybridized carbons (Fsp3) is 0.643. The highest BCUT2D eigenvalue weighted by Gasteiger charge is 2.55. The Bertz CT molecular complexity index is 563. The van der Waals surface area contributed by atoms with Crippen molar-refractivity contribution in [3.05, 3.63) is 12.3 Å². The monoisotopic (exact) mass is 276 g/mol. The van der Waals surface area contributed by atoms with Gasteiger partial charge in [0.2, 0.25) is 5.91 Å². The summed E-state index contributed by atoms with van der Waals surface area (Å²) in [6.07, 6.45) is 4.36. The molecule has 1 aliphatic carbocycles. The van der Waals surface area contributed by atoms with E-state index in [2.05, 4.69) is 10.4 Å². The molecule has 0 radical (unpaired) electrons. The molecule has 0 spiro atoms. The van der Waals surface area contributed by atoms with Crippen LogP contribution < -0.4 is 10.2 Å². The standard InChI is InChI=1S/C14H20N4O2/c1-4-10-12(19)15-14(2,9-5-6-9)13(20)18(10)11-7-8-17(3)16-11/h7-10H,4-6H2,1-3H3,(H,15,19). The summed E-state index contributed by atoms with van der Waals surface area (Å²) in [5.74, 6) is 0.700. The first-order chi connectivity index (χ1) is 9.47. The summed E-state index contributed by atoms with van der Waals surface area (Å²) in [6, 6.07) is 1.32. The zero-order chi connectivity index (χ0) is 14.5. The Hall–Kier alpha value is -1.85. The maximum Gasteiger partial charge on any atom is 0.254 e. The van der Waals surface area contributed by atoms with Gasteiger partial charge in [0.15, 0.2) is 5.82 Å². The molecule has 0 aromatic carbocycles. The van der Waals surface area contributed by atoms with E-state index in [0.29, 0.717) is 12.2 Å². The van der Waals surface area contributed by atoms with E-state index in [1.54, 1.807) is 28.9 Å². The van der Waals surface area contributed by atoms with Crippen molar-refractivity contribution in [1.29, 1.82) is 0 Å². The number of nitrogens with one attached hydrogen (secondary N) is 1. The zero-order valence-corrected chi connectivity index (χ0v) is 12.1. The van der Waals surface area contributed by atoms with Crippen LogP contribution in [0.15, 0.2) is 12.3 Å². The topological polar surface area (TPSA) is 67.2 Å². The normalized spacial score (nSPS) is 30.6. The van der Waals surface area contributed by atoms with Crippen LogP contribution in [-0.2, 0) is 16.6 Å². The van der Waals surface area contributed by atoms with Crippen LogP contribution in [0.3, 0.4) is 0 Å². The van der Waals surface area contributed by atoms with Crippen molar-refractivity contribution in [1.82, 2.24) is 15.1 Å². The minimum Gasteiger partial charge on any atom is -0.340 e. The second kappa shape index (κ2) is 4.33. The van der Waals surface area contributed by atoms with Crippen molar-refractivity contribution >= 4 is 17.6 Å². The average Bonchev–Trinajstić information content (AvgIpc) is 3.17. The molecule has 1 aromatic rings. The van der Waals surface area contributed by atoms with Gasteiger partial charge in [0.1, 0.15) is 11.6 Å². The van der Waals surface area contributed by atoms with Crippen LogP contribution in [-0.4, -0.2) is 33.2 Å². The van der Waals surface area contributed by atoms with Crippen molar-refractivity contribution in [2.24, 2.45) is 13.0 Å². The van der Waals surface area contributed by atoms with Crippen molar-refractivity contribution in [3.63, 3.8) is 0 Å². The summed E-state index contributed by atoms with van der Waals surface area (Å²) in [7, 11) is 1.80. The van der Waals surface area contributed by atoms with Gasteiger partial charge >= 0.3 is 0 Å². The SMILES string of the molecule is CCC1C(=O)NC(C)(C2CC2)C(=O)N1c1ccn(C)n1. The average molecular weight is 276 g/mol. The Morgan fingerprint density at radius 1 is 1.45 bits per heavy atom. The minimum atomic E-state index is -0.778. The summed E-state index contributed by atoms with van der Waals surface area (Å²) in [5, 5.41) is 7.25. The lowest BCUT2D eigenvalue weighted by Crippen LogP contribution is -2.70. The molecule has 2 atom stereocenters. The molecule has 3 rings (SSSR count). The highest BCUT2D eigenvalue weighted by molar-refractivity contribution is 6.10. The van der Waals surface area contributed by atoms with Gasteiger partial charge in [-0.2, -0.15) is 5.10 Å². The second-order valence-corrected chi connectivity index (χ2v) is 5.91. The first kappa shape index (κ1) is 13.1. The third kappa shape index (κ3) is 1.82. The van der Waals surface area contributed by atoms with Crippen LogP contribution in [0.4, 0.5) is 5.82 Å². The molecule has 2 fully saturated rings. The van der Waals surface area contributed by atoms with Gasteiger partial charge in [0, 0.05) is 19.3 Å². The number of aromatic nitrogens is 2. The molecule has 20 heavy (non-hydrogen) atoms. The predicted molar refractivity (Wildman–Crippen MR) is 74.0 cm³/mol. The highest BCUT2D eigenvalue weighted by Crippen LogP contribution is 2.43. The molecule has 2 heterocycles. The highest BCUT2D eigenvalue weighted by atomic mass is 16.2. The largest absolute Gasteiger partial charge is 0.340 e. The summed E-state index contributed by atoms with van der Waals surface area (Å²) in [4.78, 5) is 26.9. The number of rotatable bonds is 3.